The SMILES string of the molecule is CCc1cc(O)ccc1CN=O. The van der Waals surface area contributed by atoms with Crippen molar-refractivity contribution in [2.45, 2.75) is 19.9 Å². The second-order valence-electron chi connectivity index (χ2n) is 2.59. The zero-order valence-corrected chi connectivity index (χ0v) is 6.95. The molecule has 0 aliphatic heterocycles. The highest BCUT2D eigenvalue weighted by atomic mass is 16.3. The first-order valence-corrected chi connectivity index (χ1v) is 3.87. The molecular formula is C9H11NO2. The average Bonchev–Trinajstić information content (AvgIpc) is 2.08. The molecular weight excluding hydrogens is 154 g/mol. The molecule has 0 radical (unpaired) electrons. The predicted molar refractivity (Wildman–Crippen MR) is 47.0 cm³/mol. The maximum absolute atomic E-state index is 10.0. The summed E-state index contributed by atoms with van der Waals surface area (Å²) >= 11 is 0. The summed E-state index contributed by atoms with van der Waals surface area (Å²) in [5.74, 6) is 0.237. The Morgan fingerprint density at radius 1 is 1.42 bits per heavy atom. The average molecular weight is 165 g/mol. The van der Waals surface area contributed by atoms with Crippen molar-refractivity contribution in [3.05, 3.63) is 34.2 Å². The molecule has 1 aromatic rings. The summed E-state index contributed by atoms with van der Waals surface area (Å²) in [6, 6.07) is 4.97. The molecule has 0 fully saturated rings. The van der Waals surface area contributed by atoms with E-state index >= 15 is 0 Å². The summed E-state index contributed by atoms with van der Waals surface area (Å²) in [4.78, 5) is 10.0. The van der Waals surface area contributed by atoms with E-state index in [2.05, 4.69) is 5.18 Å². The van der Waals surface area contributed by atoms with E-state index in [1.165, 1.54) is 0 Å². The summed E-state index contributed by atoms with van der Waals surface area (Å²) in [6.45, 7) is 2.16. The lowest BCUT2D eigenvalue weighted by Gasteiger charge is -2.03. The molecule has 0 aliphatic rings. The molecule has 1 aromatic carbocycles. The summed E-state index contributed by atoms with van der Waals surface area (Å²) in [6.07, 6.45) is 0.805. The fourth-order valence-corrected chi connectivity index (χ4v) is 1.17. The van der Waals surface area contributed by atoms with Gasteiger partial charge in [-0.25, -0.2) is 0 Å². The van der Waals surface area contributed by atoms with Gasteiger partial charge in [-0.3, -0.25) is 0 Å². The first-order valence-electron chi connectivity index (χ1n) is 3.87. The number of nitrogens with zero attached hydrogens (tertiary/aromatic N) is 1. The van der Waals surface area contributed by atoms with E-state index in [1.54, 1.807) is 18.2 Å². The molecule has 0 saturated heterocycles. The van der Waals surface area contributed by atoms with Gasteiger partial charge >= 0.3 is 0 Å². The summed E-state index contributed by atoms with van der Waals surface area (Å²) < 4.78 is 0. The third-order valence-electron chi connectivity index (χ3n) is 1.81. The molecule has 0 bridgehead atoms. The Morgan fingerprint density at radius 2 is 2.17 bits per heavy atom. The molecule has 0 aliphatic carbocycles. The molecule has 0 unspecified atom stereocenters. The molecule has 12 heavy (non-hydrogen) atoms. The van der Waals surface area contributed by atoms with Crippen LogP contribution in [0.1, 0.15) is 18.1 Å². The lowest BCUT2D eigenvalue weighted by molar-refractivity contribution is 0.474. The number of hydrogen-bond acceptors (Lipinski definition) is 3. The second kappa shape index (κ2) is 3.85. The molecule has 3 nitrogen and oxygen atoms in total. The third kappa shape index (κ3) is 1.81. The molecule has 3 heteroatoms. The van der Waals surface area contributed by atoms with E-state index in [1.807, 2.05) is 6.92 Å². The summed E-state index contributed by atoms with van der Waals surface area (Å²) in [7, 11) is 0. The Labute approximate surface area is 71.0 Å². The maximum Gasteiger partial charge on any atom is 0.115 e. The van der Waals surface area contributed by atoms with Crippen LogP contribution in [-0.4, -0.2) is 5.11 Å². The number of phenolic OH excluding ortho intramolecular Hbond substituents is 1. The van der Waals surface area contributed by atoms with Gasteiger partial charge in [-0.15, -0.1) is 0 Å². The van der Waals surface area contributed by atoms with Crippen molar-refractivity contribution in [3.63, 3.8) is 0 Å². The van der Waals surface area contributed by atoms with E-state index in [0.29, 0.717) is 0 Å². The van der Waals surface area contributed by atoms with Crippen LogP contribution in [0.15, 0.2) is 23.4 Å². The molecule has 0 aromatic heterocycles. The van der Waals surface area contributed by atoms with Gasteiger partial charge in [-0.05, 0) is 29.7 Å². The number of nitroso groups, excluding NO2 is 1. The zero-order valence-electron chi connectivity index (χ0n) is 6.95. The van der Waals surface area contributed by atoms with E-state index in [-0.39, 0.29) is 12.3 Å². The minimum absolute atomic E-state index is 0.184. The number of benzene rings is 1. The van der Waals surface area contributed by atoms with Gasteiger partial charge in [-0.1, -0.05) is 18.2 Å². The van der Waals surface area contributed by atoms with Crippen molar-refractivity contribution in [1.82, 2.24) is 0 Å². The van der Waals surface area contributed by atoms with Crippen molar-refractivity contribution in [3.8, 4) is 5.75 Å². The van der Waals surface area contributed by atoms with E-state index in [9.17, 15) is 4.91 Å². The van der Waals surface area contributed by atoms with Crippen LogP contribution in [0.2, 0.25) is 0 Å². The van der Waals surface area contributed by atoms with Crippen LogP contribution in [0.3, 0.4) is 0 Å². The molecule has 0 spiro atoms. The van der Waals surface area contributed by atoms with Crippen molar-refractivity contribution in [1.29, 1.82) is 0 Å². The molecule has 1 N–H and O–H groups in total. The largest absolute Gasteiger partial charge is 0.508 e. The highest BCUT2D eigenvalue weighted by molar-refractivity contribution is 5.34. The predicted octanol–water partition coefficient (Wildman–Crippen LogP) is 2.22. The van der Waals surface area contributed by atoms with Gasteiger partial charge in [0.15, 0.2) is 0 Å². The van der Waals surface area contributed by atoms with Crippen LogP contribution in [0.4, 0.5) is 0 Å². The Bertz CT molecular complexity index is 284. The van der Waals surface area contributed by atoms with E-state index in [0.717, 1.165) is 17.5 Å². The van der Waals surface area contributed by atoms with Gasteiger partial charge in [0.2, 0.25) is 0 Å². The monoisotopic (exact) mass is 165 g/mol. The minimum Gasteiger partial charge on any atom is -0.508 e. The summed E-state index contributed by atoms with van der Waals surface area (Å²) in [5, 5.41) is 11.9. The maximum atomic E-state index is 10.0. The van der Waals surface area contributed by atoms with Crippen LogP contribution in [0.25, 0.3) is 0 Å². The first kappa shape index (κ1) is 8.71. The third-order valence-corrected chi connectivity index (χ3v) is 1.81. The number of aryl methyl sites for hydroxylation is 1. The Kier molecular flexibility index (Phi) is 2.80. The highest BCUT2D eigenvalue weighted by Gasteiger charge is 2.01. The van der Waals surface area contributed by atoms with Crippen LogP contribution >= 0.6 is 0 Å². The van der Waals surface area contributed by atoms with Gasteiger partial charge in [-0.2, -0.15) is 4.91 Å². The molecule has 1 rings (SSSR count). The van der Waals surface area contributed by atoms with Gasteiger partial charge in [0.1, 0.15) is 12.3 Å². The van der Waals surface area contributed by atoms with Gasteiger partial charge < -0.3 is 5.11 Å². The van der Waals surface area contributed by atoms with E-state index in [4.69, 9.17) is 5.11 Å². The van der Waals surface area contributed by atoms with Crippen molar-refractivity contribution in [2.24, 2.45) is 5.18 Å². The van der Waals surface area contributed by atoms with Crippen molar-refractivity contribution >= 4 is 0 Å². The molecule has 0 atom stereocenters. The number of phenols is 1. The number of hydrogen-bond donors (Lipinski definition) is 1. The zero-order chi connectivity index (χ0) is 8.97. The highest BCUT2D eigenvalue weighted by Crippen LogP contribution is 2.17. The number of aromatic hydroxyl groups is 1. The quantitative estimate of drug-likeness (QED) is 0.698. The Balaban J connectivity index is 3.01. The van der Waals surface area contributed by atoms with Gasteiger partial charge in [0.05, 0.1) is 0 Å². The minimum atomic E-state index is 0.184. The van der Waals surface area contributed by atoms with Crippen LogP contribution in [0, 0.1) is 4.91 Å². The second-order valence-corrected chi connectivity index (χ2v) is 2.59. The van der Waals surface area contributed by atoms with Crippen LogP contribution < -0.4 is 0 Å². The van der Waals surface area contributed by atoms with Crippen LogP contribution in [0.5, 0.6) is 5.75 Å². The van der Waals surface area contributed by atoms with E-state index < -0.39 is 0 Å². The smallest absolute Gasteiger partial charge is 0.115 e. The van der Waals surface area contributed by atoms with Crippen molar-refractivity contribution < 1.29 is 5.11 Å². The van der Waals surface area contributed by atoms with Crippen molar-refractivity contribution in [2.75, 3.05) is 0 Å². The Hall–Kier alpha value is -1.38. The van der Waals surface area contributed by atoms with Gasteiger partial charge in [0.25, 0.3) is 0 Å². The first-order chi connectivity index (χ1) is 5.77. The molecule has 0 heterocycles. The van der Waals surface area contributed by atoms with Crippen LogP contribution in [-0.2, 0) is 13.0 Å². The standard InChI is InChI=1S/C9H11NO2/c1-2-7-5-9(11)4-3-8(7)6-10-12/h3-5,11H,2,6H2,1H3. The lowest BCUT2D eigenvalue weighted by Crippen LogP contribution is -1.89. The molecule has 0 saturated carbocycles. The molecule has 64 valence electrons. The molecule has 0 amide bonds. The Morgan fingerprint density at radius 3 is 2.75 bits per heavy atom. The fraction of sp³-hybridized carbons (Fsp3) is 0.333. The lowest BCUT2D eigenvalue weighted by atomic mass is 10.1. The normalized spacial score (nSPS) is 9.75. The fourth-order valence-electron chi connectivity index (χ4n) is 1.17. The van der Waals surface area contributed by atoms with Gasteiger partial charge in [0, 0.05) is 0 Å². The summed E-state index contributed by atoms with van der Waals surface area (Å²) in [5.41, 5.74) is 1.87. The number of rotatable bonds is 3. The topological polar surface area (TPSA) is 49.7 Å².